The van der Waals surface area contributed by atoms with Gasteiger partial charge in [0.2, 0.25) is 0 Å². The summed E-state index contributed by atoms with van der Waals surface area (Å²) < 4.78 is 5.39. The van der Waals surface area contributed by atoms with Gasteiger partial charge in [0.1, 0.15) is 0 Å². The van der Waals surface area contributed by atoms with Crippen LogP contribution in [0.15, 0.2) is 0 Å². The Morgan fingerprint density at radius 1 is 1.64 bits per heavy atom. The third kappa shape index (κ3) is 2.65. The molecule has 0 bridgehead atoms. The second kappa shape index (κ2) is 5.01. The van der Waals surface area contributed by atoms with Crippen molar-refractivity contribution in [2.45, 2.75) is 24.6 Å². The molecular weight excluding hydrogens is 158 g/mol. The quantitative estimate of drug-likeness (QED) is 0.694. The Kier molecular flexibility index (Phi) is 4.26. The summed E-state index contributed by atoms with van der Waals surface area (Å²) in [6.07, 6.45) is 3.32. The average Bonchev–Trinajstić information content (AvgIpc) is 2.06. The van der Waals surface area contributed by atoms with E-state index in [9.17, 15) is 0 Å². The smallest absolute Gasteiger partial charge is 0.0600 e. The summed E-state index contributed by atoms with van der Waals surface area (Å²) in [4.78, 5) is 0. The number of nitrogens with one attached hydrogen (secondary N) is 1. The minimum Gasteiger partial charge on any atom is -0.380 e. The molecule has 1 fully saturated rings. The molecule has 11 heavy (non-hydrogen) atoms. The normalized spacial score (nSPS) is 32.2. The van der Waals surface area contributed by atoms with Crippen molar-refractivity contribution in [2.75, 3.05) is 26.0 Å². The topological polar surface area (TPSA) is 21.3 Å². The highest BCUT2D eigenvalue weighted by atomic mass is 32.2. The van der Waals surface area contributed by atoms with Gasteiger partial charge in [-0.3, -0.25) is 0 Å². The van der Waals surface area contributed by atoms with Crippen LogP contribution in [0.1, 0.15) is 13.3 Å². The molecule has 1 rings (SSSR count). The molecule has 0 amide bonds. The van der Waals surface area contributed by atoms with Gasteiger partial charge in [-0.1, -0.05) is 6.92 Å². The highest BCUT2D eigenvalue weighted by Gasteiger charge is 2.23. The minimum atomic E-state index is 0.656. The van der Waals surface area contributed by atoms with Crippen LogP contribution in [0, 0.1) is 0 Å². The fraction of sp³-hybridized carbons (Fsp3) is 1.00. The van der Waals surface area contributed by atoms with Crippen molar-refractivity contribution in [3.05, 3.63) is 0 Å². The molecule has 2 nitrogen and oxygen atoms in total. The first-order valence-electron chi connectivity index (χ1n) is 4.22. The maximum Gasteiger partial charge on any atom is 0.0600 e. The molecule has 0 saturated carbocycles. The summed E-state index contributed by atoms with van der Waals surface area (Å²) >= 11 is 1.91. The van der Waals surface area contributed by atoms with Crippen molar-refractivity contribution < 1.29 is 4.74 Å². The lowest BCUT2D eigenvalue weighted by molar-refractivity contribution is 0.0838. The van der Waals surface area contributed by atoms with Gasteiger partial charge in [0, 0.05) is 17.9 Å². The third-order valence-corrected chi connectivity index (χ3v) is 3.14. The molecule has 0 aromatic heterocycles. The number of hydrogen-bond donors (Lipinski definition) is 1. The van der Waals surface area contributed by atoms with Crippen LogP contribution in [0.25, 0.3) is 0 Å². The fourth-order valence-corrected chi connectivity index (χ4v) is 2.23. The van der Waals surface area contributed by atoms with Gasteiger partial charge >= 0.3 is 0 Å². The maximum absolute atomic E-state index is 5.39. The van der Waals surface area contributed by atoms with Crippen LogP contribution in [0.2, 0.25) is 0 Å². The van der Waals surface area contributed by atoms with Crippen molar-refractivity contribution in [2.24, 2.45) is 0 Å². The van der Waals surface area contributed by atoms with Crippen molar-refractivity contribution in [3.63, 3.8) is 0 Å². The van der Waals surface area contributed by atoms with E-state index in [0.717, 1.165) is 19.8 Å². The molecule has 2 unspecified atom stereocenters. The molecule has 1 saturated heterocycles. The van der Waals surface area contributed by atoms with Gasteiger partial charge in [0.25, 0.3) is 0 Å². The van der Waals surface area contributed by atoms with E-state index in [2.05, 4.69) is 18.5 Å². The SMILES string of the molecule is CCNC1CCOCC1SC. The van der Waals surface area contributed by atoms with Crippen LogP contribution >= 0.6 is 11.8 Å². The van der Waals surface area contributed by atoms with Crippen molar-refractivity contribution in [3.8, 4) is 0 Å². The molecule has 0 aliphatic carbocycles. The summed E-state index contributed by atoms with van der Waals surface area (Å²) in [5.74, 6) is 0. The Labute approximate surface area is 73.1 Å². The Morgan fingerprint density at radius 2 is 2.45 bits per heavy atom. The summed E-state index contributed by atoms with van der Waals surface area (Å²) in [7, 11) is 0. The number of rotatable bonds is 3. The minimum absolute atomic E-state index is 0.656. The van der Waals surface area contributed by atoms with Crippen molar-refractivity contribution in [1.29, 1.82) is 0 Å². The van der Waals surface area contributed by atoms with E-state index in [-0.39, 0.29) is 0 Å². The largest absolute Gasteiger partial charge is 0.380 e. The monoisotopic (exact) mass is 175 g/mol. The van der Waals surface area contributed by atoms with Gasteiger partial charge in [-0.2, -0.15) is 11.8 Å². The Hall–Kier alpha value is 0.270. The standard InChI is InChI=1S/C8H17NOS/c1-3-9-7-4-5-10-6-8(7)11-2/h7-9H,3-6H2,1-2H3. The number of ether oxygens (including phenoxy) is 1. The predicted molar refractivity (Wildman–Crippen MR) is 50.2 cm³/mol. The first-order valence-corrected chi connectivity index (χ1v) is 5.51. The van der Waals surface area contributed by atoms with E-state index < -0.39 is 0 Å². The Balaban J connectivity index is 2.31. The van der Waals surface area contributed by atoms with Crippen LogP contribution in [-0.2, 0) is 4.74 Å². The molecule has 1 aliphatic heterocycles. The van der Waals surface area contributed by atoms with E-state index in [1.165, 1.54) is 6.42 Å². The lowest BCUT2D eigenvalue weighted by Gasteiger charge is -2.30. The van der Waals surface area contributed by atoms with Gasteiger partial charge < -0.3 is 10.1 Å². The third-order valence-electron chi connectivity index (χ3n) is 2.07. The average molecular weight is 175 g/mol. The lowest BCUT2D eigenvalue weighted by Crippen LogP contribution is -2.44. The zero-order valence-corrected chi connectivity index (χ0v) is 8.12. The summed E-state index contributed by atoms with van der Waals surface area (Å²) in [6.45, 7) is 5.07. The van der Waals surface area contributed by atoms with E-state index in [4.69, 9.17) is 4.74 Å². The zero-order chi connectivity index (χ0) is 8.10. The van der Waals surface area contributed by atoms with Gasteiger partial charge in [0.05, 0.1) is 6.61 Å². The Morgan fingerprint density at radius 3 is 3.09 bits per heavy atom. The van der Waals surface area contributed by atoms with Gasteiger partial charge in [0.15, 0.2) is 0 Å². The molecular formula is C8H17NOS. The molecule has 0 spiro atoms. The van der Waals surface area contributed by atoms with Gasteiger partial charge in [-0.05, 0) is 19.2 Å². The van der Waals surface area contributed by atoms with Crippen LogP contribution < -0.4 is 5.32 Å². The molecule has 0 radical (unpaired) electrons. The highest BCUT2D eigenvalue weighted by molar-refractivity contribution is 7.99. The van der Waals surface area contributed by atoms with Crippen LogP contribution in [0.3, 0.4) is 0 Å². The first-order chi connectivity index (χ1) is 5.38. The van der Waals surface area contributed by atoms with Crippen LogP contribution in [-0.4, -0.2) is 37.3 Å². The maximum atomic E-state index is 5.39. The van der Waals surface area contributed by atoms with E-state index in [1.807, 2.05) is 11.8 Å². The Bertz CT molecular complexity index is 108. The number of hydrogen-bond acceptors (Lipinski definition) is 3. The van der Waals surface area contributed by atoms with E-state index >= 15 is 0 Å². The van der Waals surface area contributed by atoms with E-state index in [0.29, 0.717) is 11.3 Å². The molecule has 1 aliphatic rings. The summed E-state index contributed by atoms with van der Waals surface area (Å²) in [5.41, 5.74) is 0. The lowest BCUT2D eigenvalue weighted by atomic mass is 10.1. The summed E-state index contributed by atoms with van der Waals surface area (Å²) in [6, 6.07) is 0.670. The van der Waals surface area contributed by atoms with Gasteiger partial charge in [-0.25, -0.2) is 0 Å². The fourth-order valence-electron chi connectivity index (χ4n) is 1.44. The summed E-state index contributed by atoms with van der Waals surface area (Å²) in [5, 5.41) is 4.14. The second-order valence-electron chi connectivity index (χ2n) is 2.80. The van der Waals surface area contributed by atoms with Crippen LogP contribution in [0.4, 0.5) is 0 Å². The predicted octanol–water partition coefficient (Wildman–Crippen LogP) is 1.12. The first kappa shape index (κ1) is 9.36. The molecule has 0 aromatic carbocycles. The molecule has 2 atom stereocenters. The molecule has 3 heteroatoms. The number of thioether (sulfide) groups is 1. The van der Waals surface area contributed by atoms with Gasteiger partial charge in [-0.15, -0.1) is 0 Å². The second-order valence-corrected chi connectivity index (χ2v) is 3.88. The highest BCUT2D eigenvalue weighted by Crippen LogP contribution is 2.18. The zero-order valence-electron chi connectivity index (χ0n) is 7.30. The molecule has 0 aromatic rings. The van der Waals surface area contributed by atoms with E-state index in [1.54, 1.807) is 0 Å². The molecule has 1 heterocycles. The van der Waals surface area contributed by atoms with Crippen LogP contribution in [0.5, 0.6) is 0 Å². The molecule has 66 valence electrons. The molecule has 1 N–H and O–H groups in total. The van der Waals surface area contributed by atoms with Crippen molar-refractivity contribution >= 4 is 11.8 Å². The van der Waals surface area contributed by atoms with Crippen molar-refractivity contribution in [1.82, 2.24) is 5.32 Å².